The Balaban J connectivity index is 1.21. The van der Waals surface area contributed by atoms with E-state index in [4.69, 9.17) is 92.8 Å². The minimum Gasteiger partial charge on any atom is -0.280 e. The topological polar surface area (TPSA) is 74.8 Å². The van der Waals surface area contributed by atoms with Gasteiger partial charge in [-0.15, -0.1) is 0 Å². The first-order valence-corrected chi connectivity index (χ1v) is 15.2. The summed E-state index contributed by atoms with van der Waals surface area (Å²) >= 11 is 50.5. The first-order chi connectivity index (χ1) is 18.8. The number of rotatable bonds is 3. The number of hydrogen-bond donors (Lipinski definition) is 0. The number of fused-ring (bicyclic) bond motifs is 4. The molecule has 4 atom stereocenters. The molecule has 2 saturated heterocycles. The molecule has 4 unspecified atom stereocenters. The van der Waals surface area contributed by atoms with Crippen molar-refractivity contribution in [3.8, 4) is 0 Å². The van der Waals surface area contributed by atoms with Gasteiger partial charge < -0.3 is 0 Å². The fraction of sp³-hybridized carbons (Fsp3) is 0.385. The van der Waals surface area contributed by atoms with E-state index in [0.29, 0.717) is 22.3 Å². The Labute approximate surface area is 268 Å². The molecule has 0 aromatic heterocycles. The van der Waals surface area contributed by atoms with Crippen LogP contribution in [0.1, 0.15) is 22.3 Å². The lowest BCUT2D eigenvalue weighted by Gasteiger charge is -2.27. The summed E-state index contributed by atoms with van der Waals surface area (Å²) in [5, 5.41) is 1.24. The van der Waals surface area contributed by atoms with Crippen LogP contribution in [0.3, 0.4) is 0 Å². The summed E-state index contributed by atoms with van der Waals surface area (Å²) in [6.45, 7) is -0.264. The number of amides is 4. The molecule has 2 aromatic rings. The number of carbonyl (C=O) groups excluding carboxylic acids is 4. The molecule has 2 aliphatic carbocycles. The van der Waals surface area contributed by atoms with Crippen LogP contribution in [0.5, 0.6) is 0 Å². The van der Waals surface area contributed by atoms with Crippen molar-refractivity contribution in [1.82, 2.24) is 9.80 Å². The van der Waals surface area contributed by atoms with Crippen molar-refractivity contribution in [2.24, 2.45) is 23.7 Å². The van der Waals surface area contributed by atoms with Gasteiger partial charge in [0.15, 0.2) is 0 Å². The van der Waals surface area contributed by atoms with Gasteiger partial charge in [-0.25, -0.2) is 0 Å². The van der Waals surface area contributed by atoms with E-state index in [1.54, 1.807) is 0 Å². The number of halogens is 8. The van der Waals surface area contributed by atoms with E-state index >= 15 is 0 Å². The lowest BCUT2D eigenvalue weighted by atomic mass is 9.77. The van der Waals surface area contributed by atoms with E-state index in [-0.39, 0.29) is 79.0 Å². The average molecular weight is 704 g/mol. The number of benzene rings is 2. The normalized spacial score (nSPS) is 25.4. The highest BCUT2D eigenvalue weighted by Crippen LogP contribution is 2.50. The average Bonchev–Trinajstić information content (AvgIpc) is 3.32. The smallest absolute Gasteiger partial charge is 0.233 e. The van der Waals surface area contributed by atoms with Crippen molar-refractivity contribution in [3.05, 3.63) is 62.4 Å². The molecule has 210 valence electrons. The Hall–Kier alpha value is -0.960. The van der Waals surface area contributed by atoms with Crippen LogP contribution in [-0.4, -0.2) is 46.5 Å². The zero-order valence-electron chi connectivity index (χ0n) is 20.1. The van der Waals surface area contributed by atoms with Crippen molar-refractivity contribution >= 4 is 116 Å². The molecule has 6 rings (SSSR count). The second-order valence-corrected chi connectivity index (χ2v) is 13.3. The third kappa shape index (κ3) is 4.12. The maximum absolute atomic E-state index is 13.3. The van der Waals surface area contributed by atoms with Gasteiger partial charge in [0.05, 0.1) is 63.9 Å². The summed E-state index contributed by atoms with van der Waals surface area (Å²) in [7, 11) is 0. The van der Waals surface area contributed by atoms with Gasteiger partial charge in [-0.2, -0.15) is 0 Å². The third-order valence-corrected chi connectivity index (χ3v) is 12.3. The molecule has 0 spiro atoms. The maximum Gasteiger partial charge on any atom is 0.233 e. The standard InChI is InChI=1S/C26H16Cl8N2O4/c27-15-7-3-11-12(4-8(7)16(28)20(32)19(15)31)24(38)35(23(11)37)1-2-36-25(39)13-5-9-10(6-14(13)26(36)40)18(30)22(34)21(33)17(9)29/h11-14H,1-6H2. The molecule has 4 aliphatic rings. The highest BCUT2D eigenvalue weighted by Gasteiger charge is 2.53. The van der Waals surface area contributed by atoms with E-state index in [9.17, 15) is 19.2 Å². The summed E-state index contributed by atoms with van der Waals surface area (Å²) in [5.74, 6) is -4.23. The first kappa shape index (κ1) is 29.1. The van der Waals surface area contributed by atoms with Gasteiger partial charge in [0.1, 0.15) is 0 Å². The second-order valence-electron chi connectivity index (χ2n) is 10.3. The quantitative estimate of drug-likeness (QED) is 0.196. The maximum atomic E-state index is 13.3. The van der Waals surface area contributed by atoms with Crippen molar-refractivity contribution in [2.75, 3.05) is 13.1 Å². The van der Waals surface area contributed by atoms with Crippen LogP contribution < -0.4 is 0 Å². The number of hydrogen-bond acceptors (Lipinski definition) is 4. The van der Waals surface area contributed by atoms with E-state index in [1.165, 1.54) is 0 Å². The van der Waals surface area contributed by atoms with Crippen LogP contribution in [0, 0.1) is 23.7 Å². The van der Waals surface area contributed by atoms with E-state index in [0.717, 1.165) is 9.80 Å². The fourth-order valence-electron chi connectivity index (χ4n) is 6.44. The molecular formula is C26H16Cl8N2O4. The van der Waals surface area contributed by atoms with Crippen LogP contribution >= 0.6 is 92.8 Å². The largest absolute Gasteiger partial charge is 0.280 e. The first-order valence-electron chi connectivity index (χ1n) is 12.2. The minimum atomic E-state index is -0.661. The molecule has 4 amide bonds. The number of carbonyl (C=O) groups is 4. The Bertz CT molecular complexity index is 1350. The second kappa shape index (κ2) is 10.3. The van der Waals surface area contributed by atoms with Crippen LogP contribution in [0.4, 0.5) is 0 Å². The van der Waals surface area contributed by atoms with Crippen LogP contribution in [0.2, 0.25) is 40.2 Å². The Morgan fingerprint density at radius 3 is 0.800 bits per heavy atom. The lowest BCUT2D eigenvalue weighted by molar-refractivity contribution is -0.145. The molecule has 40 heavy (non-hydrogen) atoms. The van der Waals surface area contributed by atoms with Crippen molar-refractivity contribution < 1.29 is 19.2 Å². The zero-order valence-corrected chi connectivity index (χ0v) is 26.2. The molecule has 6 nitrogen and oxygen atoms in total. The van der Waals surface area contributed by atoms with Gasteiger partial charge in [0, 0.05) is 13.1 Å². The van der Waals surface area contributed by atoms with Gasteiger partial charge >= 0.3 is 0 Å². The molecule has 2 fully saturated rings. The molecule has 0 N–H and O–H groups in total. The minimum absolute atomic E-state index is 0.0981. The Morgan fingerprint density at radius 2 is 0.600 bits per heavy atom. The summed E-state index contributed by atoms with van der Waals surface area (Å²) in [5.41, 5.74) is 2.38. The molecule has 14 heteroatoms. The van der Waals surface area contributed by atoms with Crippen LogP contribution in [0.25, 0.3) is 0 Å². The van der Waals surface area contributed by atoms with Gasteiger partial charge in [-0.1, -0.05) is 92.8 Å². The number of likely N-dealkylation sites (tertiary alicyclic amines) is 2. The Morgan fingerprint density at radius 1 is 0.400 bits per heavy atom. The van der Waals surface area contributed by atoms with E-state index in [1.807, 2.05) is 0 Å². The SMILES string of the molecule is O=C1C2Cc3c(Cl)c(Cl)c(Cl)c(Cl)c3CC2C(=O)N1CCN1C(=O)C2Cc3c(Cl)c(Cl)c(Cl)c(Cl)c3CC2C1=O. The molecule has 0 saturated carbocycles. The van der Waals surface area contributed by atoms with Crippen LogP contribution in [-0.2, 0) is 44.9 Å². The molecule has 0 bridgehead atoms. The van der Waals surface area contributed by atoms with Gasteiger partial charge in [-0.05, 0) is 47.9 Å². The van der Waals surface area contributed by atoms with Crippen molar-refractivity contribution in [1.29, 1.82) is 0 Å². The van der Waals surface area contributed by atoms with Gasteiger partial charge in [0.25, 0.3) is 0 Å². The highest BCUT2D eigenvalue weighted by atomic mass is 35.5. The zero-order chi connectivity index (χ0) is 28.9. The fourth-order valence-corrected chi connectivity index (χ4v) is 8.61. The molecule has 2 aromatic carbocycles. The van der Waals surface area contributed by atoms with Crippen LogP contribution in [0.15, 0.2) is 0 Å². The molecule has 2 heterocycles. The molecular weight excluding hydrogens is 688 g/mol. The van der Waals surface area contributed by atoms with Gasteiger partial charge in [0.2, 0.25) is 23.6 Å². The van der Waals surface area contributed by atoms with Crippen molar-refractivity contribution in [3.63, 3.8) is 0 Å². The molecule has 2 aliphatic heterocycles. The summed E-state index contributed by atoms with van der Waals surface area (Å²) < 4.78 is 0. The highest BCUT2D eigenvalue weighted by molar-refractivity contribution is 6.53. The third-order valence-electron chi connectivity index (χ3n) is 8.49. The van der Waals surface area contributed by atoms with Gasteiger partial charge in [-0.3, -0.25) is 29.0 Å². The monoisotopic (exact) mass is 700 g/mol. The summed E-state index contributed by atoms with van der Waals surface area (Å²) in [4.78, 5) is 55.6. The number of imide groups is 2. The molecule has 0 radical (unpaired) electrons. The summed E-state index contributed by atoms with van der Waals surface area (Å²) in [6.07, 6.45) is 0.695. The lowest BCUT2D eigenvalue weighted by Crippen LogP contribution is -2.41. The number of nitrogens with zero attached hydrogens (tertiary/aromatic N) is 2. The predicted molar refractivity (Wildman–Crippen MR) is 155 cm³/mol. The Kier molecular flexibility index (Phi) is 7.53. The van der Waals surface area contributed by atoms with Crippen molar-refractivity contribution in [2.45, 2.75) is 25.7 Å². The summed E-state index contributed by atoms with van der Waals surface area (Å²) in [6, 6.07) is 0. The van der Waals surface area contributed by atoms with E-state index in [2.05, 4.69) is 0 Å². The van der Waals surface area contributed by atoms with E-state index < -0.39 is 47.3 Å². The predicted octanol–water partition coefficient (Wildman–Crippen LogP) is 7.01.